The van der Waals surface area contributed by atoms with E-state index in [-0.39, 0.29) is 55.9 Å². The summed E-state index contributed by atoms with van der Waals surface area (Å²) in [6.07, 6.45) is 0.0129. The number of carbonyl (C=O) groups excluding carboxylic acids is 5. The first-order valence-electron chi connectivity index (χ1n) is 16.0. The molecule has 3 aromatic carbocycles. The van der Waals surface area contributed by atoms with Crippen LogP contribution in [0.1, 0.15) is 27.9 Å². The first-order chi connectivity index (χ1) is 23.2. The minimum absolute atomic E-state index is 0.0239. The third kappa shape index (κ3) is 9.17. The number of fused-ring (bicyclic) bond motifs is 1. The molecule has 5 amide bonds. The average molecular weight is 658 g/mol. The third-order valence-corrected chi connectivity index (χ3v) is 8.33. The number of amides is 5. The van der Waals surface area contributed by atoms with Crippen LogP contribution in [0.3, 0.4) is 0 Å². The number of likely N-dealkylation sites (N-methyl/N-ethyl adjacent to an activating group) is 1. The van der Waals surface area contributed by atoms with E-state index in [1.54, 1.807) is 49.5 Å². The number of anilines is 4. The van der Waals surface area contributed by atoms with Crippen molar-refractivity contribution in [1.29, 1.82) is 0 Å². The van der Waals surface area contributed by atoms with Gasteiger partial charge in [0.1, 0.15) is 32.8 Å². The molecular formula is C35H41N6O7+. The maximum atomic E-state index is 13.5. The van der Waals surface area contributed by atoms with Gasteiger partial charge in [0.15, 0.2) is 0 Å². The van der Waals surface area contributed by atoms with Crippen molar-refractivity contribution in [2.75, 3.05) is 80.4 Å². The Morgan fingerprint density at radius 2 is 1.65 bits per heavy atom. The smallest absolute Gasteiger partial charge is 0.323 e. The van der Waals surface area contributed by atoms with Crippen LogP contribution in [0.15, 0.2) is 66.7 Å². The molecule has 0 aromatic heterocycles. The van der Waals surface area contributed by atoms with Gasteiger partial charge in [0.2, 0.25) is 11.8 Å². The van der Waals surface area contributed by atoms with Gasteiger partial charge in [0.25, 0.3) is 5.91 Å². The van der Waals surface area contributed by atoms with Crippen molar-refractivity contribution < 1.29 is 38.3 Å². The molecule has 0 atom stereocenters. The van der Waals surface area contributed by atoms with Crippen molar-refractivity contribution in [3.05, 3.63) is 83.4 Å². The molecule has 2 heterocycles. The van der Waals surface area contributed by atoms with Crippen molar-refractivity contribution in [3.63, 3.8) is 0 Å². The lowest BCUT2D eigenvalue weighted by atomic mass is 10.1. The number of benzene rings is 3. The zero-order valence-electron chi connectivity index (χ0n) is 27.2. The topological polar surface area (TPSA) is 151 Å². The number of morpholine rings is 1. The highest BCUT2D eigenvalue weighted by Gasteiger charge is 2.30. The van der Waals surface area contributed by atoms with Crippen LogP contribution in [0.5, 0.6) is 0 Å². The van der Waals surface area contributed by atoms with Gasteiger partial charge in [0, 0.05) is 30.7 Å². The zero-order valence-corrected chi connectivity index (χ0v) is 27.2. The molecule has 0 radical (unpaired) electrons. The standard InChI is InChI=1S/C35H40N6O7/c1-24-5-3-4-6-29(24)38-35(46)37-26-9-7-25(8-10-26)21-31(42)36-27-11-12-30-28(22-27)34(45)41(23-32(43)39(30)2)14-13-33(44)48-20-17-40-15-18-47-19-16-40/h3-12,22H,13-21,23H2,1-2H3,(H,36,42)(H2,37,38,46)/p+1. The molecule has 3 aromatic rings. The van der Waals surface area contributed by atoms with Crippen LogP contribution in [-0.4, -0.2) is 94.2 Å². The highest BCUT2D eigenvalue weighted by molar-refractivity contribution is 6.10. The number of nitrogens with zero attached hydrogens (tertiary/aromatic N) is 2. The van der Waals surface area contributed by atoms with Crippen molar-refractivity contribution in [3.8, 4) is 0 Å². The zero-order chi connectivity index (χ0) is 34.0. The highest BCUT2D eigenvalue weighted by Crippen LogP contribution is 2.28. The molecule has 13 nitrogen and oxygen atoms in total. The molecule has 48 heavy (non-hydrogen) atoms. The van der Waals surface area contributed by atoms with E-state index < -0.39 is 11.9 Å². The van der Waals surface area contributed by atoms with E-state index in [1.807, 2.05) is 31.2 Å². The second-order valence-corrected chi connectivity index (χ2v) is 11.8. The maximum absolute atomic E-state index is 13.5. The summed E-state index contributed by atoms with van der Waals surface area (Å²) < 4.78 is 10.7. The van der Waals surface area contributed by atoms with Crippen molar-refractivity contribution in [2.45, 2.75) is 19.8 Å². The summed E-state index contributed by atoms with van der Waals surface area (Å²) in [5, 5.41) is 8.41. The summed E-state index contributed by atoms with van der Waals surface area (Å²) in [6, 6.07) is 18.8. The summed E-state index contributed by atoms with van der Waals surface area (Å²) in [5.74, 6) is -1.46. The fourth-order valence-electron chi connectivity index (χ4n) is 5.52. The molecule has 5 rings (SSSR count). The summed E-state index contributed by atoms with van der Waals surface area (Å²) in [7, 11) is 1.59. The number of para-hydroxylation sites is 1. The number of nitrogens with one attached hydrogen (secondary N) is 4. The quantitative estimate of drug-likeness (QED) is 0.231. The fourth-order valence-corrected chi connectivity index (χ4v) is 5.52. The van der Waals surface area contributed by atoms with Crippen molar-refractivity contribution >= 4 is 52.5 Å². The number of rotatable bonds is 11. The van der Waals surface area contributed by atoms with Crippen molar-refractivity contribution in [1.82, 2.24) is 4.90 Å². The Balaban J connectivity index is 1.14. The summed E-state index contributed by atoms with van der Waals surface area (Å²) in [6.45, 7) is 5.86. The molecule has 0 bridgehead atoms. The minimum atomic E-state index is -0.434. The number of aryl methyl sites for hydroxylation is 1. The Hall–Kier alpha value is -5.27. The van der Waals surface area contributed by atoms with E-state index in [0.717, 1.165) is 24.2 Å². The lowest BCUT2D eigenvalue weighted by molar-refractivity contribution is -0.908. The fraction of sp³-hybridized carbons (Fsp3) is 0.343. The number of quaternary nitrogens is 1. The number of ether oxygens (including phenoxy) is 2. The molecule has 2 aliphatic heterocycles. The second-order valence-electron chi connectivity index (χ2n) is 11.8. The molecule has 252 valence electrons. The Morgan fingerprint density at radius 3 is 2.40 bits per heavy atom. The summed E-state index contributed by atoms with van der Waals surface area (Å²) in [5.41, 5.74) is 3.99. The van der Waals surface area contributed by atoms with E-state index in [2.05, 4.69) is 16.0 Å². The Labute approximate surface area is 279 Å². The largest absolute Gasteiger partial charge is 0.460 e. The van der Waals surface area contributed by atoms with Gasteiger partial charge in [-0.2, -0.15) is 0 Å². The molecule has 0 spiro atoms. The number of urea groups is 1. The first kappa shape index (κ1) is 34.1. The Bertz CT molecular complexity index is 1660. The predicted molar refractivity (Wildman–Crippen MR) is 180 cm³/mol. The summed E-state index contributed by atoms with van der Waals surface area (Å²) in [4.78, 5) is 68.2. The highest BCUT2D eigenvalue weighted by atomic mass is 16.5. The molecule has 0 aliphatic carbocycles. The van der Waals surface area contributed by atoms with Gasteiger partial charge in [0.05, 0.1) is 37.3 Å². The number of esters is 1. The number of hydrogen-bond donors (Lipinski definition) is 4. The number of carbonyl (C=O) groups is 5. The lowest BCUT2D eigenvalue weighted by Gasteiger charge is -2.23. The van der Waals surface area contributed by atoms with Gasteiger partial charge in [-0.1, -0.05) is 30.3 Å². The van der Waals surface area contributed by atoms with Gasteiger partial charge < -0.3 is 40.1 Å². The summed E-state index contributed by atoms with van der Waals surface area (Å²) >= 11 is 0. The Morgan fingerprint density at radius 1 is 0.917 bits per heavy atom. The molecular weight excluding hydrogens is 616 g/mol. The van der Waals surface area contributed by atoms with Crippen molar-refractivity contribution in [2.24, 2.45) is 0 Å². The monoisotopic (exact) mass is 657 g/mol. The first-order valence-corrected chi connectivity index (χ1v) is 16.0. The van der Waals surface area contributed by atoms with Gasteiger partial charge in [-0.25, -0.2) is 4.79 Å². The van der Waals surface area contributed by atoms with Crippen LogP contribution in [0, 0.1) is 6.92 Å². The third-order valence-electron chi connectivity index (χ3n) is 8.33. The van der Waals surface area contributed by atoms with E-state index >= 15 is 0 Å². The molecule has 0 unspecified atom stereocenters. The average Bonchev–Trinajstić information content (AvgIpc) is 3.16. The second kappa shape index (κ2) is 16.0. The molecule has 1 fully saturated rings. The minimum Gasteiger partial charge on any atom is -0.460 e. The van der Waals surface area contributed by atoms with E-state index in [9.17, 15) is 24.0 Å². The van der Waals surface area contributed by atoms with Crippen LogP contribution < -0.4 is 25.8 Å². The molecule has 1 saturated heterocycles. The van der Waals surface area contributed by atoms with E-state index in [4.69, 9.17) is 9.47 Å². The Kier molecular flexibility index (Phi) is 11.4. The SMILES string of the molecule is Cc1ccccc1NC(=O)Nc1ccc(CC(=O)Nc2ccc3c(c2)C(=O)N(CCC(=O)OCC[NH+]2CCOCC2)CC(=O)N3C)cc1. The van der Waals surface area contributed by atoms with Gasteiger partial charge >= 0.3 is 12.0 Å². The van der Waals surface area contributed by atoms with Gasteiger partial charge in [-0.15, -0.1) is 0 Å². The van der Waals surface area contributed by atoms with E-state index in [0.29, 0.717) is 42.5 Å². The normalized spacial score (nSPS) is 15.0. The maximum Gasteiger partial charge on any atom is 0.323 e. The van der Waals surface area contributed by atoms with E-state index in [1.165, 1.54) is 14.7 Å². The molecule has 13 heteroatoms. The molecule has 4 N–H and O–H groups in total. The van der Waals surface area contributed by atoms with Crippen LogP contribution in [0.25, 0.3) is 0 Å². The van der Waals surface area contributed by atoms with Crippen LogP contribution >= 0.6 is 0 Å². The predicted octanol–water partition coefficient (Wildman–Crippen LogP) is 2.09. The van der Waals surface area contributed by atoms with Crippen LogP contribution in [0.2, 0.25) is 0 Å². The van der Waals surface area contributed by atoms with Crippen LogP contribution in [-0.2, 0) is 30.3 Å². The van der Waals surface area contributed by atoms with Gasteiger partial charge in [-0.3, -0.25) is 19.2 Å². The van der Waals surface area contributed by atoms with Crippen LogP contribution in [0.4, 0.5) is 27.5 Å². The van der Waals surface area contributed by atoms with Gasteiger partial charge in [-0.05, 0) is 54.4 Å². The molecule has 2 aliphatic rings. The molecule has 0 saturated carbocycles. The number of hydrogen-bond acceptors (Lipinski definition) is 7. The lowest BCUT2D eigenvalue weighted by Crippen LogP contribution is -3.14.